The zero-order valence-corrected chi connectivity index (χ0v) is 17.1. The molecule has 0 spiro atoms. The third kappa shape index (κ3) is 4.87. The molecule has 1 heterocycles. The van der Waals surface area contributed by atoms with Gasteiger partial charge in [-0.15, -0.1) is 0 Å². The Bertz CT molecular complexity index is 1320. The Balaban J connectivity index is 1.78. The van der Waals surface area contributed by atoms with Crippen molar-refractivity contribution in [2.75, 3.05) is 23.8 Å². The maximum Gasteiger partial charge on any atom is 0.413 e. The summed E-state index contributed by atoms with van der Waals surface area (Å²) in [4.78, 5) is 18.7. The number of anilines is 2. The van der Waals surface area contributed by atoms with Gasteiger partial charge in [0, 0.05) is 25.3 Å². The Morgan fingerprint density at radius 1 is 1.27 bits per heavy atom. The van der Waals surface area contributed by atoms with Gasteiger partial charge in [0.1, 0.15) is 10.6 Å². The quantitative estimate of drug-likeness (QED) is 0.357. The van der Waals surface area contributed by atoms with Gasteiger partial charge >= 0.3 is 16.2 Å². The fourth-order valence-corrected chi connectivity index (χ4v) is 3.56. The molecule has 11 nitrogen and oxygen atoms in total. The van der Waals surface area contributed by atoms with Crippen molar-refractivity contribution in [3.63, 3.8) is 0 Å². The predicted molar refractivity (Wildman–Crippen MR) is 110 cm³/mol. The van der Waals surface area contributed by atoms with Gasteiger partial charge in [-0.1, -0.05) is 0 Å². The van der Waals surface area contributed by atoms with Crippen LogP contribution in [-0.2, 0) is 20.4 Å². The zero-order valence-electron chi connectivity index (χ0n) is 15.4. The van der Waals surface area contributed by atoms with E-state index >= 15 is 0 Å². The van der Waals surface area contributed by atoms with Crippen LogP contribution in [0.3, 0.4) is 0 Å². The molecule has 13 heteroatoms. The Hall–Kier alpha value is -3.58. The number of hydrogen-bond donors (Lipinski definition) is 3. The first kappa shape index (κ1) is 21.1. The number of aromatic amines is 1. The van der Waals surface area contributed by atoms with E-state index in [4.69, 9.17) is 9.29 Å². The van der Waals surface area contributed by atoms with E-state index in [2.05, 4.69) is 15.3 Å². The standard InChI is InChI=1S/C17H16N4O7S2/c1-21(17(22)23)16-19-14-7-4-12(10-15(14)20-16)28-30(26,27)13-5-2-11(3-6-13)18-8-9-29(24)25/h2-7,9-10,18H,8H2,1H3,(H,19,20)(H,22,23). The molecule has 0 fully saturated rings. The lowest BCUT2D eigenvalue weighted by molar-refractivity contribution is 0.203. The number of amides is 1. The molecule has 0 radical (unpaired) electrons. The van der Waals surface area contributed by atoms with E-state index in [1.807, 2.05) is 0 Å². The van der Waals surface area contributed by atoms with Gasteiger partial charge in [0.15, 0.2) is 0 Å². The summed E-state index contributed by atoms with van der Waals surface area (Å²) in [6.45, 7) is 0.0709. The summed E-state index contributed by atoms with van der Waals surface area (Å²) in [7, 11) is -5.10. The molecule has 0 unspecified atom stereocenters. The molecule has 0 saturated carbocycles. The van der Waals surface area contributed by atoms with Crippen molar-refractivity contribution in [2.45, 2.75) is 4.90 Å². The molecular weight excluding hydrogens is 436 g/mol. The highest BCUT2D eigenvalue weighted by Gasteiger charge is 2.18. The van der Waals surface area contributed by atoms with Crippen LogP contribution >= 0.6 is 0 Å². The third-order valence-electron chi connectivity index (χ3n) is 3.92. The number of carboxylic acid groups (broad SMARTS) is 1. The molecule has 0 bridgehead atoms. The van der Waals surface area contributed by atoms with Crippen LogP contribution in [0.2, 0.25) is 0 Å². The molecule has 0 saturated heterocycles. The van der Waals surface area contributed by atoms with Crippen LogP contribution in [0, 0.1) is 0 Å². The van der Waals surface area contributed by atoms with Gasteiger partial charge in [-0.3, -0.25) is 4.90 Å². The number of nitrogens with one attached hydrogen (secondary N) is 2. The largest absolute Gasteiger partial charge is 0.465 e. The highest BCUT2D eigenvalue weighted by Crippen LogP contribution is 2.25. The fourth-order valence-electron chi connectivity index (χ4n) is 2.42. The predicted octanol–water partition coefficient (Wildman–Crippen LogP) is 1.54. The second-order valence-corrected chi connectivity index (χ2v) is 8.35. The number of nitrogens with zero attached hydrogens (tertiary/aromatic N) is 2. The fraction of sp³-hybridized carbons (Fsp3) is 0.118. The lowest BCUT2D eigenvalue weighted by Crippen LogP contribution is -2.24. The topological polar surface area (TPSA) is 159 Å². The molecule has 3 rings (SSSR count). The Morgan fingerprint density at radius 3 is 2.60 bits per heavy atom. The monoisotopic (exact) mass is 452 g/mol. The van der Waals surface area contributed by atoms with Gasteiger partial charge < -0.3 is 19.6 Å². The number of rotatable bonds is 7. The molecule has 1 amide bonds. The first-order valence-corrected chi connectivity index (χ1v) is 10.9. The average Bonchev–Trinajstić information content (AvgIpc) is 3.10. The summed E-state index contributed by atoms with van der Waals surface area (Å²) < 4.78 is 51.1. The van der Waals surface area contributed by atoms with E-state index in [0.717, 1.165) is 10.3 Å². The van der Waals surface area contributed by atoms with Crippen molar-refractivity contribution in [1.82, 2.24) is 9.97 Å². The molecule has 3 N–H and O–H groups in total. The lowest BCUT2D eigenvalue weighted by Gasteiger charge is -2.08. The normalized spacial score (nSPS) is 11.1. The second-order valence-electron chi connectivity index (χ2n) is 5.95. The van der Waals surface area contributed by atoms with Gasteiger partial charge in [0.2, 0.25) is 16.2 Å². The van der Waals surface area contributed by atoms with E-state index in [0.29, 0.717) is 16.7 Å². The Kier molecular flexibility index (Phi) is 5.94. The number of hydrogen-bond acceptors (Lipinski definition) is 8. The van der Waals surface area contributed by atoms with Gasteiger partial charge in [-0.05, 0) is 36.4 Å². The van der Waals surface area contributed by atoms with Crippen molar-refractivity contribution in [1.29, 1.82) is 0 Å². The molecule has 30 heavy (non-hydrogen) atoms. The lowest BCUT2D eigenvalue weighted by atomic mass is 10.3. The number of benzene rings is 2. The Labute approximate surface area is 172 Å². The minimum absolute atomic E-state index is 0.00764. The number of fused-ring (bicyclic) bond motifs is 1. The number of H-pyrrole nitrogens is 1. The van der Waals surface area contributed by atoms with Crippen LogP contribution in [0.5, 0.6) is 5.75 Å². The number of imidazole rings is 1. The van der Waals surface area contributed by atoms with Gasteiger partial charge in [0.05, 0.1) is 16.4 Å². The maximum absolute atomic E-state index is 12.5. The summed E-state index contributed by atoms with van der Waals surface area (Å²) in [6.07, 6.45) is -1.20. The molecule has 0 atom stereocenters. The second kappa shape index (κ2) is 8.42. The van der Waals surface area contributed by atoms with E-state index in [9.17, 15) is 21.6 Å². The molecule has 3 aromatic rings. The van der Waals surface area contributed by atoms with E-state index < -0.39 is 26.5 Å². The molecule has 2 aromatic carbocycles. The van der Waals surface area contributed by atoms with Crippen LogP contribution in [0.15, 0.2) is 47.4 Å². The molecular formula is C17H16N4O7S2. The summed E-state index contributed by atoms with van der Waals surface area (Å²) in [5, 5.41) is 12.8. The zero-order chi connectivity index (χ0) is 21.9. The SMILES string of the molecule is CN(C(=O)O)c1nc2cc(OS(=O)(=O)c3ccc(NCC=S(=O)=O)cc3)ccc2[nH]1. The van der Waals surface area contributed by atoms with Crippen molar-refractivity contribution >= 4 is 54.5 Å². The van der Waals surface area contributed by atoms with Crippen molar-refractivity contribution < 1.29 is 30.9 Å². The summed E-state index contributed by atoms with van der Waals surface area (Å²) in [5.74, 6) is 0.0897. The summed E-state index contributed by atoms with van der Waals surface area (Å²) >= 11 is 0. The minimum Gasteiger partial charge on any atom is -0.465 e. The number of carbonyl (C=O) groups is 1. The van der Waals surface area contributed by atoms with Crippen LogP contribution in [0.4, 0.5) is 16.4 Å². The molecule has 0 aliphatic carbocycles. The van der Waals surface area contributed by atoms with E-state index in [1.165, 1.54) is 49.5 Å². The first-order chi connectivity index (χ1) is 14.2. The van der Waals surface area contributed by atoms with Crippen molar-refractivity contribution in [3.8, 4) is 5.75 Å². The molecule has 1 aromatic heterocycles. The molecule has 0 aliphatic heterocycles. The average molecular weight is 452 g/mol. The van der Waals surface area contributed by atoms with Gasteiger partial charge in [0.25, 0.3) is 0 Å². The minimum atomic E-state index is -4.13. The van der Waals surface area contributed by atoms with E-state index in [1.54, 1.807) is 0 Å². The summed E-state index contributed by atoms with van der Waals surface area (Å²) in [5.41, 5.74) is 1.37. The molecule has 158 valence electrons. The Morgan fingerprint density at radius 2 is 1.97 bits per heavy atom. The smallest absolute Gasteiger partial charge is 0.413 e. The van der Waals surface area contributed by atoms with Crippen LogP contribution in [-0.4, -0.2) is 57.0 Å². The van der Waals surface area contributed by atoms with Gasteiger partial charge in [-0.2, -0.15) is 16.8 Å². The molecule has 0 aliphatic rings. The van der Waals surface area contributed by atoms with Gasteiger partial charge in [-0.25, -0.2) is 9.78 Å². The first-order valence-electron chi connectivity index (χ1n) is 8.32. The highest BCUT2D eigenvalue weighted by atomic mass is 32.2. The van der Waals surface area contributed by atoms with Crippen LogP contribution in [0.1, 0.15) is 0 Å². The maximum atomic E-state index is 12.5. The van der Waals surface area contributed by atoms with Crippen molar-refractivity contribution in [2.24, 2.45) is 0 Å². The number of aromatic nitrogens is 2. The summed E-state index contributed by atoms with van der Waals surface area (Å²) in [6, 6.07) is 9.90. The van der Waals surface area contributed by atoms with Crippen LogP contribution in [0.25, 0.3) is 11.0 Å². The third-order valence-corrected chi connectivity index (χ3v) is 5.62. The van der Waals surface area contributed by atoms with Crippen LogP contribution < -0.4 is 14.4 Å². The van der Waals surface area contributed by atoms with Crippen molar-refractivity contribution in [3.05, 3.63) is 42.5 Å². The highest BCUT2D eigenvalue weighted by molar-refractivity contribution is 7.87. The van der Waals surface area contributed by atoms with E-state index in [-0.39, 0.29) is 23.1 Å².